The molecule has 0 spiro atoms. The lowest BCUT2D eigenvalue weighted by Crippen LogP contribution is -2.34. The lowest BCUT2D eigenvalue weighted by Gasteiger charge is -2.25. The van der Waals surface area contributed by atoms with Gasteiger partial charge in [0.15, 0.2) is 18.1 Å². The van der Waals surface area contributed by atoms with Gasteiger partial charge >= 0.3 is 0 Å². The minimum Gasteiger partial charge on any atom is -0.493 e. The third-order valence-electron chi connectivity index (χ3n) is 3.97. The smallest absolute Gasteiger partial charge is 0.258 e. The normalized spacial score (nSPS) is 16.2. The maximum absolute atomic E-state index is 12.3. The fraction of sp³-hybridized carbons (Fsp3) is 0.316. The molecule has 24 heavy (non-hydrogen) atoms. The van der Waals surface area contributed by atoms with Crippen molar-refractivity contribution in [3.05, 3.63) is 53.6 Å². The highest BCUT2D eigenvalue weighted by atomic mass is 32.2. The summed E-state index contributed by atoms with van der Waals surface area (Å²) < 4.78 is 10.9. The van der Waals surface area contributed by atoms with E-state index in [0.717, 1.165) is 17.7 Å². The predicted octanol–water partition coefficient (Wildman–Crippen LogP) is 3.74. The summed E-state index contributed by atoms with van der Waals surface area (Å²) in [5.41, 5.74) is 2.27. The number of methoxy groups -OCH3 is 1. The highest BCUT2D eigenvalue weighted by Gasteiger charge is 2.22. The van der Waals surface area contributed by atoms with Gasteiger partial charge in [-0.2, -0.15) is 0 Å². The number of aryl methyl sites for hydroxylation is 1. The number of carbonyl (C=O) groups is 1. The van der Waals surface area contributed by atoms with Crippen LogP contribution < -0.4 is 14.8 Å². The van der Waals surface area contributed by atoms with Gasteiger partial charge in [-0.25, -0.2) is 0 Å². The van der Waals surface area contributed by atoms with Gasteiger partial charge in [0.25, 0.3) is 5.91 Å². The van der Waals surface area contributed by atoms with Gasteiger partial charge in [0, 0.05) is 10.6 Å². The summed E-state index contributed by atoms with van der Waals surface area (Å²) in [4.78, 5) is 13.5. The largest absolute Gasteiger partial charge is 0.493 e. The number of nitrogens with one attached hydrogen (secondary N) is 1. The molecule has 0 aromatic heterocycles. The fourth-order valence-corrected chi connectivity index (χ4v) is 3.89. The third-order valence-corrected chi connectivity index (χ3v) is 5.09. The SMILES string of the molecule is COc1cc(C)ccc1OCC(=O)N[C@H]1CCSc2ccccc21. The molecule has 1 aliphatic heterocycles. The van der Waals surface area contributed by atoms with Gasteiger partial charge in [0.2, 0.25) is 0 Å². The quantitative estimate of drug-likeness (QED) is 0.898. The molecule has 0 unspecified atom stereocenters. The van der Waals surface area contributed by atoms with Crippen molar-refractivity contribution in [3.63, 3.8) is 0 Å². The van der Waals surface area contributed by atoms with Gasteiger partial charge < -0.3 is 14.8 Å². The van der Waals surface area contributed by atoms with Crippen LogP contribution in [0.25, 0.3) is 0 Å². The van der Waals surface area contributed by atoms with Crippen LogP contribution >= 0.6 is 11.8 Å². The van der Waals surface area contributed by atoms with E-state index in [-0.39, 0.29) is 18.6 Å². The molecule has 4 nitrogen and oxygen atoms in total. The van der Waals surface area contributed by atoms with Gasteiger partial charge in [0.1, 0.15) is 0 Å². The molecule has 0 saturated carbocycles. The minimum absolute atomic E-state index is 0.0226. The number of hydrogen-bond acceptors (Lipinski definition) is 4. The first-order chi connectivity index (χ1) is 11.7. The monoisotopic (exact) mass is 343 g/mol. The van der Waals surface area contributed by atoms with E-state index >= 15 is 0 Å². The van der Waals surface area contributed by atoms with Crippen LogP contribution in [-0.4, -0.2) is 25.4 Å². The van der Waals surface area contributed by atoms with E-state index in [1.54, 1.807) is 7.11 Å². The first kappa shape index (κ1) is 16.7. The Morgan fingerprint density at radius 3 is 2.92 bits per heavy atom. The second-order valence-electron chi connectivity index (χ2n) is 5.74. The molecule has 3 rings (SSSR count). The summed E-state index contributed by atoms with van der Waals surface area (Å²) in [6, 6.07) is 13.9. The van der Waals surface area contributed by atoms with E-state index in [1.807, 2.05) is 49.0 Å². The van der Waals surface area contributed by atoms with Gasteiger partial charge in [0.05, 0.1) is 13.2 Å². The molecule has 1 heterocycles. The van der Waals surface area contributed by atoms with Crippen LogP contribution in [0.4, 0.5) is 0 Å². The van der Waals surface area contributed by atoms with Crippen molar-refractivity contribution in [1.29, 1.82) is 0 Å². The number of ether oxygens (including phenoxy) is 2. The van der Waals surface area contributed by atoms with Crippen LogP contribution in [0.5, 0.6) is 11.5 Å². The first-order valence-electron chi connectivity index (χ1n) is 7.96. The first-order valence-corrected chi connectivity index (χ1v) is 8.94. The van der Waals surface area contributed by atoms with Gasteiger partial charge in [-0.1, -0.05) is 24.3 Å². The summed E-state index contributed by atoms with van der Waals surface area (Å²) in [6.45, 7) is 1.96. The molecule has 0 fully saturated rings. The second-order valence-corrected chi connectivity index (χ2v) is 6.87. The molecule has 2 aromatic carbocycles. The van der Waals surface area contributed by atoms with E-state index in [1.165, 1.54) is 10.5 Å². The van der Waals surface area contributed by atoms with Gasteiger partial charge in [-0.15, -0.1) is 11.8 Å². The zero-order valence-corrected chi connectivity index (χ0v) is 14.7. The summed E-state index contributed by atoms with van der Waals surface area (Å²) >= 11 is 1.84. The zero-order valence-electron chi connectivity index (χ0n) is 13.9. The van der Waals surface area contributed by atoms with Crippen LogP contribution in [0.15, 0.2) is 47.4 Å². The van der Waals surface area contributed by atoms with Crippen molar-refractivity contribution in [3.8, 4) is 11.5 Å². The van der Waals surface area contributed by atoms with Crippen LogP contribution in [0.1, 0.15) is 23.6 Å². The average molecular weight is 343 g/mol. The number of amides is 1. The van der Waals surface area contributed by atoms with Crippen molar-refractivity contribution in [2.24, 2.45) is 0 Å². The molecule has 0 saturated heterocycles. The van der Waals surface area contributed by atoms with Gasteiger partial charge in [-0.3, -0.25) is 4.79 Å². The van der Waals surface area contributed by atoms with Crippen LogP contribution in [0, 0.1) is 6.92 Å². The van der Waals surface area contributed by atoms with Crippen LogP contribution in [0.2, 0.25) is 0 Å². The van der Waals surface area contributed by atoms with E-state index in [2.05, 4.69) is 17.4 Å². The molecule has 0 bridgehead atoms. The van der Waals surface area contributed by atoms with E-state index in [9.17, 15) is 4.79 Å². The standard InChI is InChI=1S/C19H21NO3S/c1-13-7-8-16(17(11-13)22-2)23-12-19(21)20-15-9-10-24-18-6-4-3-5-14(15)18/h3-8,11,15H,9-10,12H2,1-2H3,(H,20,21)/t15-/m0/s1. The highest BCUT2D eigenvalue weighted by Crippen LogP contribution is 2.35. The number of hydrogen-bond donors (Lipinski definition) is 1. The highest BCUT2D eigenvalue weighted by molar-refractivity contribution is 7.99. The Kier molecular flexibility index (Phi) is 5.30. The van der Waals surface area contributed by atoms with Crippen molar-refractivity contribution >= 4 is 17.7 Å². The molecular weight excluding hydrogens is 322 g/mol. The van der Waals surface area contributed by atoms with Crippen molar-refractivity contribution in [2.75, 3.05) is 19.5 Å². The number of thioether (sulfide) groups is 1. The fourth-order valence-electron chi connectivity index (χ4n) is 2.77. The molecule has 2 aromatic rings. The molecule has 0 aliphatic carbocycles. The van der Waals surface area contributed by atoms with Crippen molar-refractivity contribution in [1.82, 2.24) is 5.32 Å². The lowest BCUT2D eigenvalue weighted by atomic mass is 10.0. The van der Waals surface area contributed by atoms with E-state index in [4.69, 9.17) is 9.47 Å². The molecular formula is C19H21NO3S. The van der Waals surface area contributed by atoms with Gasteiger partial charge in [-0.05, 0) is 42.7 Å². The minimum atomic E-state index is -0.121. The number of benzene rings is 2. The summed E-state index contributed by atoms with van der Waals surface area (Å²) in [7, 11) is 1.60. The molecule has 1 N–H and O–H groups in total. The van der Waals surface area contributed by atoms with Crippen molar-refractivity contribution in [2.45, 2.75) is 24.3 Å². The Hall–Kier alpha value is -2.14. The average Bonchev–Trinajstić information content (AvgIpc) is 2.61. The van der Waals surface area contributed by atoms with E-state index in [0.29, 0.717) is 11.5 Å². The zero-order chi connectivity index (χ0) is 16.9. The molecule has 1 aliphatic rings. The van der Waals surface area contributed by atoms with Crippen LogP contribution in [-0.2, 0) is 4.79 Å². The second kappa shape index (κ2) is 7.62. The Morgan fingerprint density at radius 1 is 1.25 bits per heavy atom. The maximum atomic E-state index is 12.3. The molecule has 1 amide bonds. The van der Waals surface area contributed by atoms with Crippen molar-refractivity contribution < 1.29 is 14.3 Å². The molecule has 1 atom stereocenters. The number of fused-ring (bicyclic) bond motifs is 1. The maximum Gasteiger partial charge on any atom is 0.258 e. The molecule has 126 valence electrons. The van der Waals surface area contributed by atoms with Crippen LogP contribution in [0.3, 0.4) is 0 Å². The molecule has 5 heteroatoms. The topological polar surface area (TPSA) is 47.6 Å². The lowest BCUT2D eigenvalue weighted by molar-refractivity contribution is -0.123. The number of carbonyl (C=O) groups excluding carboxylic acids is 1. The Bertz CT molecular complexity index is 732. The van der Waals surface area contributed by atoms with E-state index < -0.39 is 0 Å². The predicted molar refractivity (Wildman–Crippen MR) is 95.9 cm³/mol. The summed E-state index contributed by atoms with van der Waals surface area (Å²) in [5, 5.41) is 3.08. The Morgan fingerprint density at radius 2 is 2.08 bits per heavy atom. The third kappa shape index (κ3) is 3.85. The summed E-state index contributed by atoms with van der Waals surface area (Å²) in [6.07, 6.45) is 0.932. The Labute approximate surface area is 146 Å². The Balaban J connectivity index is 1.61. The molecule has 0 radical (unpaired) electrons. The number of rotatable bonds is 5. The summed E-state index contributed by atoms with van der Waals surface area (Å²) in [5.74, 6) is 2.11.